The Morgan fingerprint density at radius 3 is 2.89 bits per heavy atom. The van der Waals surface area contributed by atoms with Gasteiger partial charge in [0.05, 0.1) is 19.8 Å². The van der Waals surface area contributed by atoms with E-state index in [0.717, 1.165) is 11.3 Å². The van der Waals surface area contributed by atoms with Crippen molar-refractivity contribution in [1.82, 2.24) is 0 Å². The third-order valence-electron chi connectivity index (χ3n) is 3.38. The number of hydrogen-bond donors (Lipinski definition) is 1. The highest BCUT2D eigenvalue weighted by molar-refractivity contribution is 5.43. The summed E-state index contributed by atoms with van der Waals surface area (Å²) in [5, 5.41) is 10.2. The summed E-state index contributed by atoms with van der Waals surface area (Å²) in [6.45, 7) is 2.68. The first-order valence-electron chi connectivity index (χ1n) is 6.17. The second-order valence-corrected chi connectivity index (χ2v) is 4.74. The molecule has 1 N–H and O–H groups in total. The molecule has 0 spiro atoms. The van der Waals surface area contributed by atoms with Gasteiger partial charge < -0.3 is 19.3 Å². The Morgan fingerprint density at radius 2 is 2.22 bits per heavy atom. The minimum absolute atomic E-state index is 0.0282. The average Bonchev–Trinajstić information content (AvgIpc) is 2.38. The van der Waals surface area contributed by atoms with Gasteiger partial charge in [-0.05, 0) is 12.1 Å². The number of rotatable bonds is 4. The van der Waals surface area contributed by atoms with Crippen molar-refractivity contribution >= 4 is 0 Å². The number of benzene rings is 1. The minimum Gasteiger partial charge on any atom is -0.497 e. The lowest BCUT2D eigenvalue weighted by Crippen LogP contribution is -2.33. The van der Waals surface area contributed by atoms with Gasteiger partial charge in [0.25, 0.3) is 0 Å². The van der Waals surface area contributed by atoms with E-state index in [1.807, 2.05) is 18.2 Å². The highest BCUT2D eigenvalue weighted by atomic mass is 16.5. The number of hydrogen-bond acceptors (Lipinski definition) is 4. The van der Waals surface area contributed by atoms with E-state index in [9.17, 15) is 5.11 Å². The van der Waals surface area contributed by atoms with E-state index < -0.39 is 6.10 Å². The minimum atomic E-state index is -0.482. The van der Waals surface area contributed by atoms with E-state index in [2.05, 4.69) is 6.92 Å². The highest BCUT2D eigenvalue weighted by Crippen LogP contribution is 2.38. The Kier molecular flexibility index (Phi) is 4.09. The molecule has 0 amide bonds. The molecule has 0 aliphatic carbocycles. The first kappa shape index (κ1) is 13.2. The number of aliphatic hydroxyl groups is 1. The van der Waals surface area contributed by atoms with Crippen molar-refractivity contribution in [2.75, 3.05) is 20.8 Å². The van der Waals surface area contributed by atoms with Crippen LogP contribution in [0, 0.1) is 5.92 Å². The molecule has 4 nitrogen and oxygen atoms in total. The SMILES string of the molecule is COCC(C)C1C[C@H](O)c2ccc(OC)cc2O1. The van der Waals surface area contributed by atoms with Crippen LogP contribution in [0.3, 0.4) is 0 Å². The molecule has 0 aromatic heterocycles. The van der Waals surface area contributed by atoms with Gasteiger partial charge in [-0.3, -0.25) is 0 Å². The predicted octanol–water partition coefficient (Wildman–Crippen LogP) is 2.16. The van der Waals surface area contributed by atoms with Crippen LogP contribution in [0.15, 0.2) is 18.2 Å². The molecule has 1 heterocycles. The van der Waals surface area contributed by atoms with Crippen molar-refractivity contribution in [1.29, 1.82) is 0 Å². The molecule has 1 aliphatic rings. The van der Waals surface area contributed by atoms with Crippen LogP contribution in [0.25, 0.3) is 0 Å². The van der Waals surface area contributed by atoms with E-state index >= 15 is 0 Å². The number of methoxy groups -OCH3 is 2. The summed E-state index contributed by atoms with van der Waals surface area (Å²) >= 11 is 0. The van der Waals surface area contributed by atoms with Crippen LogP contribution in [-0.2, 0) is 4.74 Å². The van der Waals surface area contributed by atoms with Crippen LogP contribution < -0.4 is 9.47 Å². The number of aliphatic hydroxyl groups excluding tert-OH is 1. The van der Waals surface area contributed by atoms with Gasteiger partial charge in [0.1, 0.15) is 17.6 Å². The van der Waals surface area contributed by atoms with Crippen LogP contribution in [0.5, 0.6) is 11.5 Å². The monoisotopic (exact) mass is 252 g/mol. The smallest absolute Gasteiger partial charge is 0.129 e. The zero-order valence-electron chi connectivity index (χ0n) is 11.1. The zero-order valence-corrected chi connectivity index (χ0v) is 11.1. The first-order valence-corrected chi connectivity index (χ1v) is 6.17. The van der Waals surface area contributed by atoms with Gasteiger partial charge in [-0.1, -0.05) is 6.92 Å². The third kappa shape index (κ3) is 2.60. The second kappa shape index (κ2) is 5.59. The Bertz CT molecular complexity index is 405. The molecule has 4 heteroatoms. The molecule has 0 saturated heterocycles. The molecular formula is C14H20O4. The summed E-state index contributed by atoms with van der Waals surface area (Å²) in [6.07, 6.45) is 0.0904. The van der Waals surface area contributed by atoms with Crippen LogP contribution in [0.2, 0.25) is 0 Å². The lowest BCUT2D eigenvalue weighted by atomic mass is 9.92. The van der Waals surface area contributed by atoms with E-state index in [-0.39, 0.29) is 12.0 Å². The quantitative estimate of drug-likeness (QED) is 0.892. The lowest BCUT2D eigenvalue weighted by molar-refractivity contribution is 0.0135. The summed E-state index contributed by atoms with van der Waals surface area (Å²) in [4.78, 5) is 0. The Balaban J connectivity index is 2.20. The topological polar surface area (TPSA) is 47.9 Å². The lowest BCUT2D eigenvalue weighted by Gasteiger charge is -2.33. The molecule has 2 unspecified atom stereocenters. The van der Waals surface area contributed by atoms with Crippen LogP contribution >= 0.6 is 0 Å². The van der Waals surface area contributed by atoms with Crippen molar-refractivity contribution in [2.45, 2.75) is 25.6 Å². The van der Waals surface area contributed by atoms with Gasteiger partial charge in [0.15, 0.2) is 0 Å². The van der Waals surface area contributed by atoms with Gasteiger partial charge in [0, 0.05) is 31.1 Å². The van der Waals surface area contributed by atoms with Gasteiger partial charge >= 0.3 is 0 Å². The molecule has 18 heavy (non-hydrogen) atoms. The van der Waals surface area contributed by atoms with E-state index in [1.54, 1.807) is 14.2 Å². The summed E-state index contributed by atoms with van der Waals surface area (Å²) in [6, 6.07) is 5.52. The number of fused-ring (bicyclic) bond motifs is 1. The molecule has 1 aliphatic heterocycles. The Morgan fingerprint density at radius 1 is 1.44 bits per heavy atom. The van der Waals surface area contributed by atoms with E-state index in [0.29, 0.717) is 18.8 Å². The molecule has 3 atom stereocenters. The maximum atomic E-state index is 10.2. The normalized spacial score (nSPS) is 24.0. The third-order valence-corrected chi connectivity index (χ3v) is 3.38. The molecular weight excluding hydrogens is 232 g/mol. The summed E-state index contributed by atoms with van der Waals surface area (Å²) < 4.78 is 16.3. The summed E-state index contributed by atoms with van der Waals surface area (Å²) in [5.41, 5.74) is 0.830. The highest BCUT2D eigenvalue weighted by Gasteiger charge is 2.30. The second-order valence-electron chi connectivity index (χ2n) is 4.74. The summed E-state index contributed by atoms with van der Waals surface area (Å²) in [7, 11) is 3.29. The fourth-order valence-corrected chi connectivity index (χ4v) is 2.30. The van der Waals surface area contributed by atoms with Crippen molar-refractivity contribution in [3.05, 3.63) is 23.8 Å². The Hall–Kier alpha value is -1.26. The molecule has 0 fully saturated rings. The molecule has 1 aromatic rings. The van der Waals surface area contributed by atoms with Gasteiger partial charge in [-0.2, -0.15) is 0 Å². The van der Waals surface area contributed by atoms with Crippen LogP contribution in [-0.4, -0.2) is 32.0 Å². The van der Waals surface area contributed by atoms with Crippen molar-refractivity contribution in [3.8, 4) is 11.5 Å². The molecule has 0 radical (unpaired) electrons. The molecule has 1 aromatic carbocycles. The van der Waals surface area contributed by atoms with Crippen molar-refractivity contribution in [2.24, 2.45) is 5.92 Å². The van der Waals surface area contributed by atoms with Crippen molar-refractivity contribution < 1.29 is 19.3 Å². The van der Waals surface area contributed by atoms with Crippen LogP contribution in [0.1, 0.15) is 25.0 Å². The number of ether oxygens (including phenoxy) is 3. The fraction of sp³-hybridized carbons (Fsp3) is 0.571. The van der Waals surface area contributed by atoms with E-state index in [4.69, 9.17) is 14.2 Å². The zero-order chi connectivity index (χ0) is 13.1. The van der Waals surface area contributed by atoms with E-state index in [1.165, 1.54) is 0 Å². The van der Waals surface area contributed by atoms with Crippen molar-refractivity contribution in [3.63, 3.8) is 0 Å². The molecule has 0 bridgehead atoms. The standard InChI is InChI=1S/C14H20O4/c1-9(8-16-2)13-7-12(15)11-5-4-10(17-3)6-14(11)18-13/h4-6,9,12-13,15H,7-8H2,1-3H3/t9?,12-,13?/m0/s1. The fourth-order valence-electron chi connectivity index (χ4n) is 2.30. The molecule has 100 valence electrons. The Labute approximate surface area is 107 Å². The molecule has 2 rings (SSSR count). The van der Waals surface area contributed by atoms with Gasteiger partial charge in [0.2, 0.25) is 0 Å². The average molecular weight is 252 g/mol. The first-order chi connectivity index (χ1) is 8.65. The maximum absolute atomic E-state index is 10.2. The summed E-state index contributed by atoms with van der Waals surface area (Å²) in [5.74, 6) is 1.69. The largest absolute Gasteiger partial charge is 0.497 e. The predicted molar refractivity (Wildman–Crippen MR) is 68.0 cm³/mol. The van der Waals surface area contributed by atoms with Gasteiger partial charge in [-0.15, -0.1) is 0 Å². The molecule has 0 saturated carbocycles. The van der Waals surface area contributed by atoms with Crippen LogP contribution in [0.4, 0.5) is 0 Å². The maximum Gasteiger partial charge on any atom is 0.129 e. The van der Waals surface area contributed by atoms with Gasteiger partial charge in [-0.25, -0.2) is 0 Å².